The molecular weight excluding hydrogens is 268 g/mol. The quantitative estimate of drug-likeness (QED) is 0.792. The average Bonchev–Trinajstić information content (AvgIpc) is 2.66. The Kier molecular flexibility index (Phi) is 5.88. The Morgan fingerprint density at radius 2 is 2.11 bits per heavy atom. The van der Waals surface area contributed by atoms with Crippen LogP contribution in [-0.2, 0) is 9.59 Å². The van der Waals surface area contributed by atoms with Crippen molar-refractivity contribution in [2.24, 2.45) is 0 Å². The number of nitrogens with one attached hydrogen (secondary N) is 1. The van der Waals surface area contributed by atoms with Crippen LogP contribution in [0.2, 0.25) is 0 Å². The van der Waals surface area contributed by atoms with E-state index in [0.717, 1.165) is 29.4 Å². The van der Waals surface area contributed by atoms with E-state index in [4.69, 9.17) is 9.63 Å². The highest BCUT2D eigenvalue weighted by Gasteiger charge is 2.20. The van der Waals surface area contributed by atoms with Crippen LogP contribution in [0.4, 0.5) is 0 Å². The maximum absolute atomic E-state index is 11.7. The van der Waals surface area contributed by atoms with E-state index in [0.29, 0.717) is 5.76 Å². The van der Waals surface area contributed by atoms with Crippen LogP contribution in [0.15, 0.2) is 4.52 Å². The Hall–Kier alpha value is -1.50. The minimum Gasteiger partial charge on any atom is -0.481 e. The Labute approximate surface area is 115 Å². The van der Waals surface area contributed by atoms with Crippen LogP contribution in [0, 0.1) is 13.8 Å². The summed E-state index contributed by atoms with van der Waals surface area (Å²) in [6.07, 6.45) is 0.720. The van der Waals surface area contributed by atoms with Crippen LogP contribution in [0.1, 0.15) is 36.4 Å². The van der Waals surface area contributed by atoms with Gasteiger partial charge in [0.25, 0.3) is 0 Å². The number of thioether (sulfide) groups is 1. The third-order valence-electron chi connectivity index (χ3n) is 2.64. The second kappa shape index (κ2) is 7.18. The molecule has 0 aromatic carbocycles. The second-order valence-electron chi connectivity index (χ2n) is 4.15. The number of aromatic nitrogens is 1. The zero-order valence-corrected chi connectivity index (χ0v) is 12.0. The van der Waals surface area contributed by atoms with Crippen LogP contribution in [0.3, 0.4) is 0 Å². The molecule has 0 spiro atoms. The summed E-state index contributed by atoms with van der Waals surface area (Å²) < 4.78 is 5.09. The Morgan fingerprint density at radius 3 is 2.58 bits per heavy atom. The molecule has 1 rings (SSSR count). The zero-order chi connectivity index (χ0) is 14.4. The van der Waals surface area contributed by atoms with Crippen LogP contribution in [0.5, 0.6) is 0 Å². The number of carbonyl (C=O) groups excluding carboxylic acids is 1. The molecule has 7 heteroatoms. The predicted molar refractivity (Wildman–Crippen MR) is 72.1 cm³/mol. The normalized spacial score (nSPS) is 12.2. The fourth-order valence-electron chi connectivity index (χ4n) is 1.83. The molecule has 2 N–H and O–H groups in total. The second-order valence-corrected chi connectivity index (χ2v) is 5.14. The Balaban J connectivity index is 2.58. The molecule has 1 heterocycles. The molecule has 19 heavy (non-hydrogen) atoms. The van der Waals surface area contributed by atoms with Crippen LogP contribution in [-0.4, -0.2) is 33.6 Å². The molecule has 0 saturated carbocycles. The van der Waals surface area contributed by atoms with Crippen molar-refractivity contribution in [2.45, 2.75) is 33.2 Å². The smallest absolute Gasteiger partial charge is 0.313 e. The number of amides is 1. The summed E-state index contributed by atoms with van der Waals surface area (Å²) in [6.45, 7) is 5.60. The van der Waals surface area contributed by atoms with Gasteiger partial charge in [0.15, 0.2) is 0 Å². The molecule has 0 radical (unpaired) electrons. The number of aliphatic carboxylic acids is 1. The fraction of sp³-hybridized carbons (Fsp3) is 0.583. The molecule has 0 aliphatic heterocycles. The summed E-state index contributed by atoms with van der Waals surface area (Å²) in [5.74, 6) is -0.349. The first kappa shape index (κ1) is 15.6. The van der Waals surface area contributed by atoms with Gasteiger partial charge < -0.3 is 14.9 Å². The number of hydrogen-bond donors (Lipinski definition) is 2. The summed E-state index contributed by atoms with van der Waals surface area (Å²) in [5.41, 5.74) is 1.67. The van der Waals surface area contributed by atoms with Crippen molar-refractivity contribution in [2.75, 3.05) is 11.5 Å². The van der Waals surface area contributed by atoms with Crippen molar-refractivity contribution in [3.63, 3.8) is 0 Å². The first-order valence-corrected chi connectivity index (χ1v) is 7.12. The number of carboxylic acid groups (broad SMARTS) is 1. The minimum absolute atomic E-state index is 0.0739. The van der Waals surface area contributed by atoms with Gasteiger partial charge in [-0.25, -0.2) is 0 Å². The zero-order valence-electron chi connectivity index (χ0n) is 11.2. The molecule has 0 aliphatic rings. The van der Waals surface area contributed by atoms with E-state index in [1.54, 1.807) is 0 Å². The molecule has 1 aromatic rings. The third kappa shape index (κ3) is 4.59. The molecule has 106 valence electrons. The van der Waals surface area contributed by atoms with Crippen molar-refractivity contribution < 1.29 is 19.2 Å². The lowest BCUT2D eigenvalue weighted by molar-refractivity contribution is -0.133. The maximum Gasteiger partial charge on any atom is 0.313 e. The summed E-state index contributed by atoms with van der Waals surface area (Å²) in [6, 6.07) is -0.149. The highest BCUT2D eigenvalue weighted by atomic mass is 32.2. The minimum atomic E-state index is -0.921. The summed E-state index contributed by atoms with van der Waals surface area (Å²) in [7, 11) is 0. The predicted octanol–water partition coefficient (Wildman–Crippen LogP) is 1.68. The molecule has 0 aliphatic carbocycles. The number of nitrogens with zero attached hydrogens (tertiary/aromatic N) is 1. The molecule has 1 atom stereocenters. The van der Waals surface area contributed by atoms with Gasteiger partial charge in [0.05, 0.1) is 23.2 Å². The number of hydrogen-bond acceptors (Lipinski definition) is 5. The monoisotopic (exact) mass is 286 g/mol. The van der Waals surface area contributed by atoms with E-state index in [1.807, 2.05) is 20.8 Å². The molecule has 0 bridgehead atoms. The number of carbonyl (C=O) groups is 2. The van der Waals surface area contributed by atoms with Crippen molar-refractivity contribution in [3.05, 3.63) is 17.0 Å². The van der Waals surface area contributed by atoms with Crippen LogP contribution in [0.25, 0.3) is 0 Å². The van der Waals surface area contributed by atoms with E-state index in [9.17, 15) is 9.59 Å². The van der Waals surface area contributed by atoms with E-state index in [2.05, 4.69) is 10.5 Å². The highest BCUT2D eigenvalue weighted by Crippen LogP contribution is 2.23. The first-order chi connectivity index (χ1) is 8.95. The summed E-state index contributed by atoms with van der Waals surface area (Å²) in [4.78, 5) is 22.1. The largest absolute Gasteiger partial charge is 0.481 e. The number of rotatable bonds is 7. The summed E-state index contributed by atoms with van der Waals surface area (Å²) >= 11 is 1.08. The molecule has 6 nitrogen and oxygen atoms in total. The standard InChI is InChI=1S/C12H18N2O4S/c1-4-9(12-7(2)14-18-8(12)3)13-10(15)5-19-6-11(16)17/h9H,4-6H2,1-3H3,(H,13,15)(H,16,17). The van der Waals surface area contributed by atoms with Gasteiger partial charge in [-0.3, -0.25) is 9.59 Å². The van der Waals surface area contributed by atoms with E-state index in [1.165, 1.54) is 0 Å². The van der Waals surface area contributed by atoms with Gasteiger partial charge in [-0.15, -0.1) is 11.8 Å². The number of carboxylic acids is 1. The van der Waals surface area contributed by atoms with E-state index in [-0.39, 0.29) is 23.5 Å². The molecular formula is C12H18N2O4S. The Morgan fingerprint density at radius 1 is 1.42 bits per heavy atom. The van der Waals surface area contributed by atoms with Gasteiger partial charge in [-0.05, 0) is 20.3 Å². The van der Waals surface area contributed by atoms with Gasteiger partial charge in [0, 0.05) is 5.56 Å². The Bertz CT molecular complexity index is 439. The van der Waals surface area contributed by atoms with Gasteiger partial charge >= 0.3 is 5.97 Å². The van der Waals surface area contributed by atoms with Crippen LogP contribution < -0.4 is 5.32 Å². The van der Waals surface area contributed by atoms with Crippen molar-refractivity contribution in [1.82, 2.24) is 10.5 Å². The van der Waals surface area contributed by atoms with Crippen LogP contribution >= 0.6 is 11.8 Å². The lowest BCUT2D eigenvalue weighted by atomic mass is 10.0. The van der Waals surface area contributed by atoms with E-state index < -0.39 is 5.97 Å². The first-order valence-electron chi connectivity index (χ1n) is 5.97. The maximum atomic E-state index is 11.7. The highest BCUT2D eigenvalue weighted by molar-refractivity contribution is 8.00. The van der Waals surface area contributed by atoms with Crippen molar-refractivity contribution in [1.29, 1.82) is 0 Å². The van der Waals surface area contributed by atoms with Gasteiger partial charge in [0.2, 0.25) is 5.91 Å². The van der Waals surface area contributed by atoms with Crippen molar-refractivity contribution >= 4 is 23.6 Å². The fourth-order valence-corrected chi connectivity index (χ4v) is 2.38. The van der Waals surface area contributed by atoms with Gasteiger partial charge in [0.1, 0.15) is 5.76 Å². The average molecular weight is 286 g/mol. The molecule has 1 amide bonds. The van der Waals surface area contributed by atoms with E-state index >= 15 is 0 Å². The molecule has 0 saturated heterocycles. The summed E-state index contributed by atoms with van der Waals surface area (Å²) in [5, 5.41) is 15.2. The van der Waals surface area contributed by atoms with Gasteiger partial charge in [-0.1, -0.05) is 12.1 Å². The molecule has 1 aromatic heterocycles. The van der Waals surface area contributed by atoms with Crippen molar-refractivity contribution in [3.8, 4) is 0 Å². The third-order valence-corrected chi connectivity index (χ3v) is 3.56. The SMILES string of the molecule is CCC(NC(=O)CSCC(=O)O)c1c(C)noc1C. The lowest BCUT2D eigenvalue weighted by Crippen LogP contribution is -2.30. The van der Waals surface area contributed by atoms with Gasteiger partial charge in [-0.2, -0.15) is 0 Å². The topological polar surface area (TPSA) is 92.4 Å². The molecule has 1 unspecified atom stereocenters. The molecule has 0 fully saturated rings. The number of aryl methyl sites for hydroxylation is 2. The lowest BCUT2D eigenvalue weighted by Gasteiger charge is -2.16.